The first-order chi connectivity index (χ1) is 19.4. The zero-order valence-corrected chi connectivity index (χ0v) is 23.9. The van der Waals surface area contributed by atoms with Crippen LogP contribution in [0.15, 0.2) is 18.3 Å². The number of aromatic nitrogens is 2. The Bertz CT molecular complexity index is 1330. The molecule has 212 valence electrons. The maximum atomic E-state index is 12.1. The molecule has 4 aliphatic rings. The molecule has 40 heavy (non-hydrogen) atoms. The average Bonchev–Trinajstić information content (AvgIpc) is 3.20. The van der Waals surface area contributed by atoms with Gasteiger partial charge in [0.25, 0.3) is 5.91 Å². The fraction of sp³-hybridized carbons (Fsp3) is 0.567. The fourth-order valence-electron chi connectivity index (χ4n) is 6.34. The highest BCUT2D eigenvalue weighted by atomic mass is 16.5. The number of carbonyl (C=O) groups excluding carboxylic acids is 1. The van der Waals surface area contributed by atoms with Gasteiger partial charge in [-0.05, 0) is 52.3 Å². The van der Waals surface area contributed by atoms with Crippen LogP contribution in [-0.2, 0) is 9.53 Å². The van der Waals surface area contributed by atoms with Crippen molar-refractivity contribution in [3.05, 3.63) is 35.3 Å². The van der Waals surface area contributed by atoms with Crippen LogP contribution in [0.4, 0.5) is 17.2 Å². The number of likely N-dealkylation sites (tertiary alicyclic amines) is 1. The molecule has 0 saturated carbocycles. The highest BCUT2D eigenvalue weighted by Crippen LogP contribution is 2.44. The molecule has 0 spiro atoms. The molecule has 10 nitrogen and oxygen atoms in total. The number of morpholine rings is 1. The van der Waals surface area contributed by atoms with Crippen LogP contribution in [0.1, 0.15) is 49.4 Å². The Morgan fingerprint density at radius 3 is 2.73 bits per heavy atom. The van der Waals surface area contributed by atoms with E-state index in [0.29, 0.717) is 6.04 Å². The van der Waals surface area contributed by atoms with Gasteiger partial charge in [0, 0.05) is 63.7 Å². The zero-order valence-electron chi connectivity index (χ0n) is 23.9. The van der Waals surface area contributed by atoms with Crippen LogP contribution in [0.25, 0.3) is 0 Å². The van der Waals surface area contributed by atoms with Crippen LogP contribution in [0.3, 0.4) is 0 Å². The Morgan fingerprint density at radius 1 is 1.15 bits per heavy atom. The molecule has 6 heterocycles. The lowest BCUT2D eigenvalue weighted by atomic mass is 10.0. The summed E-state index contributed by atoms with van der Waals surface area (Å²) in [5, 5.41) is 3.62. The summed E-state index contributed by atoms with van der Waals surface area (Å²) in [6.07, 6.45) is 2.67. The Kier molecular flexibility index (Phi) is 7.53. The summed E-state index contributed by atoms with van der Waals surface area (Å²) in [4.78, 5) is 31.0. The zero-order chi connectivity index (χ0) is 27.8. The Hall–Kier alpha value is -3.39. The molecule has 3 saturated heterocycles. The number of nitrogens with one attached hydrogen (secondary N) is 1. The number of anilines is 3. The first kappa shape index (κ1) is 26.8. The lowest BCUT2D eigenvalue weighted by Gasteiger charge is -2.44. The largest absolute Gasteiger partial charge is 0.482 e. The van der Waals surface area contributed by atoms with Crippen molar-refractivity contribution in [3.63, 3.8) is 0 Å². The number of likely N-dealkylation sites (N-methyl/N-ethyl adjacent to an activating group) is 1. The van der Waals surface area contributed by atoms with Crippen molar-refractivity contribution in [1.29, 1.82) is 0 Å². The summed E-state index contributed by atoms with van der Waals surface area (Å²) in [6, 6.07) is 4.82. The predicted octanol–water partition coefficient (Wildman–Crippen LogP) is 2.73. The second-order valence-corrected chi connectivity index (χ2v) is 11.1. The smallest absolute Gasteiger partial charge is 0.298 e. The molecule has 0 aromatic carbocycles. The summed E-state index contributed by atoms with van der Waals surface area (Å²) in [7, 11) is 2.18. The van der Waals surface area contributed by atoms with Gasteiger partial charge in [-0.1, -0.05) is 5.92 Å². The van der Waals surface area contributed by atoms with Gasteiger partial charge in [0.1, 0.15) is 11.9 Å². The molecule has 3 fully saturated rings. The lowest BCUT2D eigenvalue weighted by molar-refractivity contribution is -0.132. The van der Waals surface area contributed by atoms with Gasteiger partial charge in [0.05, 0.1) is 41.9 Å². The molecule has 6 rings (SSSR count). The van der Waals surface area contributed by atoms with Gasteiger partial charge in [0.2, 0.25) is 0 Å². The van der Waals surface area contributed by atoms with Crippen LogP contribution >= 0.6 is 0 Å². The molecule has 4 aliphatic heterocycles. The third kappa shape index (κ3) is 5.09. The molecule has 2 aromatic rings. The number of amides is 1. The van der Waals surface area contributed by atoms with Gasteiger partial charge < -0.3 is 24.6 Å². The summed E-state index contributed by atoms with van der Waals surface area (Å²) in [6.45, 7) is 13.4. The Balaban J connectivity index is 1.21. The fourth-order valence-corrected chi connectivity index (χ4v) is 6.34. The van der Waals surface area contributed by atoms with E-state index in [1.807, 2.05) is 18.0 Å². The number of hydrogen-bond acceptors (Lipinski definition) is 9. The molecule has 1 N–H and O–H groups in total. The molecule has 0 radical (unpaired) electrons. The van der Waals surface area contributed by atoms with E-state index in [2.05, 4.69) is 58.0 Å². The number of carbonyl (C=O) groups is 1. The van der Waals surface area contributed by atoms with Crippen molar-refractivity contribution in [3.8, 4) is 17.6 Å². The number of pyridine rings is 2. The molecule has 1 amide bonds. The summed E-state index contributed by atoms with van der Waals surface area (Å²) in [5.74, 6) is 6.93. The van der Waals surface area contributed by atoms with E-state index in [0.717, 1.165) is 105 Å². The molecule has 0 bridgehead atoms. The Labute approximate surface area is 236 Å². The minimum Gasteiger partial charge on any atom is -0.482 e. The summed E-state index contributed by atoms with van der Waals surface area (Å²) in [5.41, 5.74) is 5.06. The van der Waals surface area contributed by atoms with Crippen molar-refractivity contribution < 1.29 is 14.3 Å². The molecule has 0 unspecified atom stereocenters. The number of nitrogens with zero attached hydrogens (tertiary/aromatic N) is 6. The van der Waals surface area contributed by atoms with Crippen LogP contribution < -0.4 is 15.0 Å². The van der Waals surface area contributed by atoms with Crippen molar-refractivity contribution >= 4 is 23.1 Å². The van der Waals surface area contributed by atoms with Gasteiger partial charge in [-0.3, -0.25) is 19.6 Å². The number of rotatable bonds is 3. The summed E-state index contributed by atoms with van der Waals surface area (Å²) >= 11 is 0. The van der Waals surface area contributed by atoms with E-state index < -0.39 is 0 Å². The van der Waals surface area contributed by atoms with Crippen molar-refractivity contribution in [2.24, 2.45) is 0 Å². The van der Waals surface area contributed by atoms with Crippen LogP contribution in [-0.4, -0.2) is 103 Å². The minimum atomic E-state index is -0.173. The first-order valence-electron chi connectivity index (χ1n) is 14.4. The van der Waals surface area contributed by atoms with Gasteiger partial charge in [0.15, 0.2) is 5.75 Å². The first-order valence-corrected chi connectivity index (χ1v) is 14.4. The third-order valence-corrected chi connectivity index (χ3v) is 8.64. The van der Waals surface area contributed by atoms with Crippen molar-refractivity contribution in [2.45, 2.75) is 45.4 Å². The number of ether oxygens (including phenoxy) is 2. The number of fused-ring (bicyclic) bond motifs is 2. The van der Waals surface area contributed by atoms with Crippen LogP contribution in [0.5, 0.6) is 5.75 Å². The van der Waals surface area contributed by atoms with E-state index in [1.54, 1.807) is 6.92 Å². The van der Waals surface area contributed by atoms with E-state index in [-0.39, 0.29) is 18.1 Å². The lowest BCUT2D eigenvalue weighted by Crippen LogP contribution is -2.61. The molecule has 10 heteroatoms. The quantitative estimate of drug-likeness (QED) is 0.585. The maximum absolute atomic E-state index is 12.1. The third-order valence-electron chi connectivity index (χ3n) is 8.64. The minimum absolute atomic E-state index is 0.0645. The highest BCUT2D eigenvalue weighted by molar-refractivity contribution is 5.94. The van der Waals surface area contributed by atoms with E-state index in [1.165, 1.54) is 0 Å². The second-order valence-electron chi connectivity index (χ2n) is 11.1. The molecule has 0 aliphatic carbocycles. The molecular formula is C30H39N7O3. The SMILES string of the molecule is CC#CC(=O)N1CC(N2CC[C@H](c3cc4c(c(C)n3)O[C@H](C)c3c(N5CCOCC5)ccnc3N4)N(C)CC2)C1. The van der Waals surface area contributed by atoms with Crippen LogP contribution in [0, 0.1) is 18.8 Å². The maximum Gasteiger partial charge on any atom is 0.298 e. The van der Waals surface area contributed by atoms with Crippen molar-refractivity contribution in [1.82, 2.24) is 24.7 Å². The Morgan fingerprint density at radius 2 is 1.95 bits per heavy atom. The normalized spacial score (nSPS) is 23.8. The van der Waals surface area contributed by atoms with Gasteiger partial charge >= 0.3 is 0 Å². The monoisotopic (exact) mass is 545 g/mol. The molecule has 2 atom stereocenters. The van der Waals surface area contributed by atoms with Crippen molar-refractivity contribution in [2.75, 3.05) is 76.3 Å². The average molecular weight is 546 g/mol. The van der Waals surface area contributed by atoms with E-state index in [4.69, 9.17) is 19.4 Å². The van der Waals surface area contributed by atoms with Gasteiger partial charge in [-0.25, -0.2) is 4.98 Å². The molecule has 2 aromatic heterocycles. The van der Waals surface area contributed by atoms with E-state index >= 15 is 0 Å². The summed E-state index contributed by atoms with van der Waals surface area (Å²) < 4.78 is 12.2. The number of hydrogen-bond donors (Lipinski definition) is 1. The second kappa shape index (κ2) is 11.2. The predicted molar refractivity (Wildman–Crippen MR) is 154 cm³/mol. The van der Waals surface area contributed by atoms with Gasteiger partial charge in [-0.2, -0.15) is 0 Å². The topological polar surface area (TPSA) is 86.3 Å². The highest BCUT2D eigenvalue weighted by Gasteiger charge is 2.37. The van der Waals surface area contributed by atoms with Gasteiger partial charge in [-0.15, -0.1) is 0 Å². The number of aryl methyl sites for hydroxylation is 1. The standard InChI is InChI=1S/C30H39N7O3/c1-5-6-27(38)37-18-22(19-37)35-10-8-25(34(4)11-12-35)23-17-24-29(20(2)32-23)40-21(3)28-26(7-9-31-30(28)33-24)36-13-15-39-16-14-36/h7,9,17,21-22,25H,8,10-16,18-19H2,1-4H3,(H,31,33)/t21-,25-/m1/s1. The molecular weight excluding hydrogens is 506 g/mol. The van der Waals surface area contributed by atoms with E-state index in [9.17, 15) is 4.79 Å². The van der Waals surface area contributed by atoms with Crippen LogP contribution in [0.2, 0.25) is 0 Å².